The normalized spacial score (nSPS) is 15.5. The van der Waals surface area contributed by atoms with Gasteiger partial charge >= 0.3 is 0 Å². The highest BCUT2D eigenvalue weighted by Gasteiger charge is 2.16. The lowest BCUT2D eigenvalue weighted by atomic mass is 9.97. The number of sulfone groups is 1. The fourth-order valence-electron chi connectivity index (χ4n) is 1.71. The van der Waals surface area contributed by atoms with Gasteiger partial charge in [-0.05, 0) is 30.0 Å². The fourth-order valence-corrected chi connectivity index (χ4v) is 2.90. The van der Waals surface area contributed by atoms with Crippen LogP contribution >= 0.6 is 15.9 Å². The van der Waals surface area contributed by atoms with Crippen molar-refractivity contribution in [1.82, 2.24) is 0 Å². The molecule has 2 nitrogen and oxygen atoms in total. The summed E-state index contributed by atoms with van der Waals surface area (Å²) in [6, 6.07) is 7.24. The highest BCUT2D eigenvalue weighted by molar-refractivity contribution is 9.09. The van der Waals surface area contributed by atoms with Crippen LogP contribution in [0.2, 0.25) is 0 Å². The van der Waals surface area contributed by atoms with Gasteiger partial charge in [-0.1, -0.05) is 48.8 Å². The van der Waals surface area contributed by atoms with Gasteiger partial charge < -0.3 is 0 Å². The van der Waals surface area contributed by atoms with Crippen LogP contribution in [0.15, 0.2) is 29.2 Å². The molecule has 0 aliphatic rings. The Morgan fingerprint density at radius 2 is 1.71 bits per heavy atom. The minimum atomic E-state index is -3.08. The van der Waals surface area contributed by atoms with Crippen molar-refractivity contribution in [2.75, 3.05) is 5.75 Å². The van der Waals surface area contributed by atoms with E-state index in [9.17, 15) is 8.42 Å². The first kappa shape index (κ1) is 14.7. The van der Waals surface area contributed by atoms with Gasteiger partial charge in [0.1, 0.15) is 0 Å². The highest BCUT2D eigenvalue weighted by Crippen LogP contribution is 2.27. The second-order valence-electron chi connectivity index (χ2n) is 4.19. The molecule has 0 heterocycles. The molecule has 2 atom stereocenters. The molecular formula is C13H19BrO2S. The zero-order valence-electron chi connectivity index (χ0n) is 10.5. The maximum absolute atomic E-state index is 11.7. The van der Waals surface area contributed by atoms with Gasteiger partial charge in [0.2, 0.25) is 0 Å². The lowest BCUT2D eigenvalue weighted by molar-refractivity contribution is 0.597. The number of halogens is 1. The monoisotopic (exact) mass is 318 g/mol. The van der Waals surface area contributed by atoms with Crippen LogP contribution < -0.4 is 0 Å². The van der Waals surface area contributed by atoms with Gasteiger partial charge in [-0.2, -0.15) is 0 Å². The van der Waals surface area contributed by atoms with Crippen molar-refractivity contribution in [3.8, 4) is 0 Å². The molecule has 0 radical (unpaired) electrons. The zero-order chi connectivity index (χ0) is 13.1. The highest BCUT2D eigenvalue weighted by atomic mass is 79.9. The predicted octanol–water partition coefficient (Wildman–Crippen LogP) is 3.76. The summed E-state index contributed by atoms with van der Waals surface area (Å²) in [6.07, 6.45) is 1.05. The van der Waals surface area contributed by atoms with Gasteiger partial charge in [-0.15, -0.1) is 0 Å². The zero-order valence-corrected chi connectivity index (χ0v) is 12.9. The molecule has 2 unspecified atom stereocenters. The van der Waals surface area contributed by atoms with Crippen LogP contribution in [0.25, 0.3) is 0 Å². The molecule has 0 aliphatic carbocycles. The van der Waals surface area contributed by atoms with Crippen molar-refractivity contribution < 1.29 is 8.42 Å². The molecule has 0 aliphatic heterocycles. The number of alkyl halides is 1. The van der Waals surface area contributed by atoms with Crippen LogP contribution in [0.1, 0.15) is 38.7 Å². The third-order valence-corrected chi connectivity index (χ3v) is 6.27. The molecule has 0 amide bonds. The summed E-state index contributed by atoms with van der Waals surface area (Å²) in [7, 11) is -3.08. The van der Waals surface area contributed by atoms with E-state index in [4.69, 9.17) is 0 Å². The molecule has 1 aromatic carbocycles. The van der Waals surface area contributed by atoms with E-state index in [1.54, 1.807) is 19.1 Å². The average Bonchev–Trinajstić information content (AvgIpc) is 2.37. The minimum Gasteiger partial charge on any atom is -0.224 e. The van der Waals surface area contributed by atoms with Gasteiger partial charge in [0.15, 0.2) is 9.84 Å². The summed E-state index contributed by atoms with van der Waals surface area (Å²) in [5, 5.41) is 0. The van der Waals surface area contributed by atoms with Crippen molar-refractivity contribution in [2.45, 2.75) is 42.8 Å². The summed E-state index contributed by atoms with van der Waals surface area (Å²) < 4.78 is 23.3. The van der Waals surface area contributed by atoms with Crippen molar-refractivity contribution in [3.05, 3.63) is 29.8 Å². The Kier molecular flexibility index (Phi) is 5.20. The number of benzene rings is 1. The second kappa shape index (κ2) is 6.01. The molecule has 0 fully saturated rings. The summed E-state index contributed by atoms with van der Waals surface area (Å²) in [4.78, 5) is 0.842. The molecule has 17 heavy (non-hydrogen) atoms. The largest absolute Gasteiger partial charge is 0.224 e. The van der Waals surface area contributed by atoms with Crippen molar-refractivity contribution in [3.63, 3.8) is 0 Å². The van der Waals surface area contributed by atoms with E-state index in [1.165, 1.54) is 5.56 Å². The van der Waals surface area contributed by atoms with E-state index in [0.717, 1.165) is 6.42 Å². The molecule has 0 saturated carbocycles. The first-order valence-electron chi connectivity index (χ1n) is 5.89. The summed E-state index contributed by atoms with van der Waals surface area (Å²) in [5.41, 5.74) is 1.17. The van der Waals surface area contributed by atoms with E-state index in [0.29, 0.717) is 15.6 Å². The van der Waals surface area contributed by atoms with Crippen LogP contribution in [0.4, 0.5) is 0 Å². The van der Waals surface area contributed by atoms with E-state index in [2.05, 4.69) is 29.8 Å². The van der Waals surface area contributed by atoms with Crippen LogP contribution in [0.3, 0.4) is 0 Å². The number of hydrogen-bond acceptors (Lipinski definition) is 2. The molecule has 0 bridgehead atoms. The maximum atomic E-state index is 11.7. The van der Waals surface area contributed by atoms with Gasteiger partial charge in [0.05, 0.1) is 10.6 Å². The fraction of sp³-hybridized carbons (Fsp3) is 0.538. The molecule has 0 aromatic heterocycles. The van der Waals surface area contributed by atoms with E-state index < -0.39 is 9.84 Å². The summed E-state index contributed by atoms with van der Waals surface area (Å²) in [6.45, 7) is 5.94. The smallest absolute Gasteiger partial charge is 0.178 e. The van der Waals surface area contributed by atoms with Crippen LogP contribution in [-0.2, 0) is 9.84 Å². The molecule has 1 rings (SSSR count). The second-order valence-corrected chi connectivity index (χ2v) is 7.64. The Balaban J connectivity index is 2.96. The Morgan fingerprint density at radius 1 is 1.18 bits per heavy atom. The SMILES string of the molecule is CCC(Br)C(C)c1ccc(S(=O)(=O)CC)cc1. The standard InChI is InChI=1S/C13H19BrO2S/c1-4-13(14)10(3)11-6-8-12(9-7-11)17(15,16)5-2/h6-10,13H,4-5H2,1-3H3. The van der Waals surface area contributed by atoms with Crippen LogP contribution in [0, 0.1) is 0 Å². The molecule has 0 spiro atoms. The summed E-state index contributed by atoms with van der Waals surface area (Å²) in [5.74, 6) is 0.538. The predicted molar refractivity (Wildman–Crippen MR) is 75.6 cm³/mol. The number of hydrogen-bond donors (Lipinski definition) is 0. The lowest BCUT2D eigenvalue weighted by Gasteiger charge is -2.17. The van der Waals surface area contributed by atoms with Crippen molar-refractivity contribution in [1.29, 1.82) is 0 Å². The van der Waals surface area contributed by atoms with E-state index in [1.807, 2.05) is 12.1 Å². The van der Waals surface area contributed by atoms with Gasteiger partial charge in [-0.3, -0.25) is 0 Å². The Bertz CT molecular complexity index is 451. The molecule has 0 N–H and O–H groups in total. The molecule has 96 valence electrons. The van der Waals surface area contributed by atoms with Gasteiger partial charge in [-0.25, -0.2) is 8.42 Å². The first-order valence-corrected chi connectivity index (χ1v) is 8.46. The van der Waals surface area contributed by atoms with Gasteiger partial charge in [0.25, 0.3) is 0 Å². The quantitative estimate of drug-likeness (QED) is 0.775. The third kappa shape index (κ3) is 3.55. The van der Waals surface area contributed by atoms with Crippen LogP contribution in [0.5, 0.6) is 0 Å². The molecular weight excluding hydrogens is 300 g/mol. The molecule has 1 aromatic rings. The lowest BCUT2D eigenvalue weighted by Crippen LogP contribution is -2.08. The average molecular weight is 319 g/mol. The number of rotatable bonds is 5. The minimum absolute atomic E-state index is 0.151. The summed E-state index contributed by atoms with van der Waals surface area (Å²) >= 11 is 3.63. The van der Waals surface area contributed by atoms with Gasteiger partial charge in [0, 0.05) is 4.83 Å². The molecule has 0 saturated heterocycles. The Morgan fingerprint density at radius 3 is 2.12 bits per heavy atom. The van der Waals surface area contributed by atoms with Crippen LogP contribution in [-0.4, -0.2) is 19.0 Å². The van der Waals surface area contributed by atoms with E-state index in [-0.39, 0.29) is 5.75 Å². The van der Waals surface area contributed by atoms with E-state index >= 15 is 0 Å². The topological polar surface area (TPSA) is 34.1 Å². The Labute approximate surface area is 112 Å². The van der Waals surface area contributed by atoms with Crippen molar-refractivity contribution >= 4 is 25.8 Å². The Hall–Kier alpha value is -0.350. The first-order chi connectivity index (χ1) is 7.92. The molecule has 4 heteroatoms. The van der Waals surface area contributed by atoms with Crippen molar-refractivity contribution in [2.24, 2.45) is 0 Å². The maximum Gasteiger partial charge on any atom is 0.178 e. The third-order valence-electron chi connectivity index (χ3n) is 3.08.